The van der Waals surface area contributed by atoms with Crippen LogP contribution in [0.15, 0.2) is 55.0 Å². The molecule has 120 valence electrons. The van der Waals surface area contributed by atoms with Crippen LogP contribution >= 0.6 is 0 Å². The molecule has 0 spiro atoms. The molecular weight excluding hydrogens is 308 g/mol. The van der Waals surface area contributed by atoms with E-state index in [9.17, 15) is 9.59 Å². The molecule has 3 aromatic heterocycles. The van der Waals surface area contributed by atoms with Gasteiger partial charge in [-0.1, -0.05) is 12.1 Å². The van der Waals surface area contributed by atoms with Gasteiger partial charge in [-0.3, -0.25) is 14.3 Å². The van der Waals surface area contributed by atoms with Gasteiger partial charge in [0.05, 0.1) is 5.56 Å². The normalized spacial score (nSPS) is 10.2. The number of pyridine rings is 2. The number of hydrogen-bond acceptors (Lipinski definition) is 5. The summed E-state index contributed by atoms with van der Waals surface area (Å²) in [5.74, 6) is -0.208. The SMILES string of the molecule is Cn1cc(C(=O)Nc2ccccn2)c(C(=O)Nc2ccccn2)n1. The van der Waals surface area contributed by atoms with Gasteiger partial charge in [0, 0.05) is 25.6 Å². The van der Waals surface area contributed by atoms with Crippen LogP contribution in [0.25, 0.3) is 0 Å². The second kappa shape index (κ2) is 6.69. The number of rotatable bonds is 4. The Bertz CT molecular complexity index is 790. The van der Waals surface area contributed by atoms with Crippen LogP contribution in [0.3, 0.4) is 0 Å². The van der Waals surface area contributed by atoms with Crippen LogP contribution in [0.1, 0.15) is 20.8 Å². The van der Waals surface area contributed by atoms with E-state index in [0.29, 0.717) is 11.6 Å². The highest BCUT2D eigenvalue weighted by molar-refractivity contribution is 6.13. The van der Waals surface area contributed by atoms with Gasteiger partial charge in [0.25, 0.3) is 11.8 Å². The summed E-state index contributed by atoms with van der Waals surface area (Å²) in [6, 6.07) is 10.3. The Hall–Kier alpha value is -3.55. The van der Waals surface area contributed by atoms with Crippen LogP contribution < -0.4 is 10.6 Å². The van der Waals surface area contributed by atoms with E-state index in [2.05, 4.69) is 25.7 Å². The van der Waals surface area contributed by atoms with E-state index in [1.54, 1.807) is 55.8 Å². The lowest BCUT2D eigenvalue weighted by Gasteiger charge is -2.05. The standard InChI is InChI=1S/C16H14N6O2/c1-22-10-11(15(23)19-12-6-2-4-8-17-12)14(21-22)16(24)20-13-7-3-5-9-18-13/h2-10H,1H3,(H,17,19,23)(H,18,20,24). The van der Waals surface area contributed by atoms with E-state index in [1.807, 2.05) is 0 Å². The maximum atomic E-state index is 12.4. The smallest absolute Gasteiger partial charge is 0.278 e. The average molecular weight is 322 g/mol. The number of nitrogens with one attached hydrogen (secondary N) is 2. The van der Waals surface area contributed by atoms with E-state index < -0.39 is 11.8 Å². The topological polar surface area (TPSA) is 102 Å². The zero-order valence-electron chi connectivity index (χ0n) is 12.8. The first-order chi connectivity index (χ1) is 11.6. The first-order valence-corrected chi connectivity index (χ1v) is 7.12. The minimum atomic E-state index is -0.513. The van der Waals surface area contributed by atoms with Gasteiger partial charge in [-0.2, -0.15) is 5.10 Å². The fourth-order valence-corrected chi connectivity index (χ4v) is 2.05. The highest BCUT2D eigenvalue weighted by Crippen LogP contribution is 2.12. The zero-order valence-corrected chi connectivity index (χ0v) is 12.8. The fourth-order valence-electron chi connectivity index (χ4n) is 2.05. The maximum Gasteiger partial charge on any atom is 0.278 e. The minimum absolute atomic E-state index is 0.0107. The molecule has 24 heavy (non-hydrogen) atoms. The molecule has 0 saturated carbocycles. The molecule has 3 rings (SSSR count). The Morgan fingerprint density at radius 3 is 2.04 bits per heavy atom. The highest BCUT2D eigenvalue weighted by atomic mass is 16.2. The van der Waals surface area contributed by atoms with Crippen LogP contribution in [0.4, 0.5) is 11.6 Å². The van der Waals surface area contributed by atoms with Crippen molar-refractivity contribution < 1.29 is 9.59 Å². The zero-order chi connectivity index (χ0) is 16.9. The molecule has 0 unspecified atom stereocenters. The molecule has 0 saturated heterocycles. The van der Waals surface area contributed by atoms with Crippen LogP contribution in [0, 0.1) is 0 Å². The van der Waals surface area contributed by atoms with Crippen molar-refractivity contribution in [2.45, 2.75) is 0 Å². The molecule has 0 aliphatic heterocycles. The van der Waals surface area contributed by atoms with Crippen molar-refractivity contribution in [2.75, 3.05) is 10.6 Å². The van der Waals surface area contributed by atoms with Crippen LogP contribution in [-0.2, 0) is 7.05 Å². The van der Waals surface area contributed by atoms with Crippen LogP contribution in [-0.4, -0.2) is 31.6 Å². The van der Waals surface area contributed by atoms with Crippen molar-refractivity contribution in [3.63, 3.8) is 0 Å². The van der Waals surface area contributed by atoms with Crippen molar-refractivity contribution in [1.29, 1.82) is 0 Å². The minimum Gasteiger partial charge on any atom is -0.306 e. The maximum absolute atomic E-state index is 12.4. The third-order valence-corrected chi connectivity index (χ3v) is 3.10. The summed E-state index contributed by atoms with van der Waals surface area (Å²) in [6.45, 7) is 0. The lowest BCUT2D eigenvalue weighted by molar-refractivity contribution is 0.0987. The van der Waals surface area contributed by atoms with Crippen molar-refractivity contribution >= 4 is 23.5 Å². The number of aryl methyl sites for hydroxylation is 1. The Balaban J connectivity index is 1.82. The molecule has 0 bridgehead atoms. The summed E-state index contributed by atoms with van der Waals surface area (Å²) in [5.41, 5.74) is 0.160. The Morgan fingerprint density at radius 2 is 1.50 bits per heavy atom. The number of carbonyl (C=O) groups excluding carboxylic acids is 2. The Kier molecular flexibility index (Phi) is 4.28. The molecule has 0 aromatic carbocycles. The second-order valence-electron chi connectivity index (χ2n) is 4.90. The number of amides is 2. The predicted octanol–water partition coefficient (Wildman–Crippen LogP) is 1.71. The second-order valence-corrected chi connectivity index (χ2v) is 4.90. The number of aromatic nitrogens is 4. The van der Waals surface area contributed by atoms with E-state index in [0.717, 1.165) is 0 Å². The molecule has 8 heteroatoms. The fraction of sp³-hybridized carbons (Fsp3) is 0.0625. The number of hydrogen-bond donors (Lipinski definition) is 2. The first kappa shape index (κ1) is 15.3. The molecule has 2 N–H and O–H groups in total. The van der Waals surface area contributed by atoms with Crippen LogP contribution in [0.2, 0.25) is 0 Å². The molecule has 3 heterocycles. The van der Waals surface area contributed by atoms with Gasteiger partial charge in [0.15, 0.2) is 5.69 Å². The Morgan fingerprint density at radius 1 is 0.917 bits per heavy atom. The summed E-state index contributed by atoms with van der Waals surface area (Å²) in [4.78, 5) is 32.8. The quantitative estimate of drug-likeness (QED) is 0.761. The van der Waals surface area contributed by atoms with E-state index in [4.69, 9.17) is 0 Å². The largest absolute Gasteiger partial charge is 0.306 e. The summed E-state index contributed by atoms with van der Waals surface area (Å²) in [5, 5.41) is 9.31. The summed E-state index contributed by atoms with van der Waals surface area (Å²) in [6.07, 6.45) is 4.60. The van der Waals surface area contributed by atoms with Gasteiger partial charge in [-0.15, -0.1) is 0 Å². The molecule has 0 aliphatic carbocycles. The third-order valence-electron chi connectivity index (χ3n) is 3.10. The highest BCUT2D eigenvalue weighted by Gasteiger charge is 2.22. The van der Waals surface area contributed by atoms with Crippen LogP contribution in [0.5, 0.6) is 0 Å². The van der Waals surface area contributed by atoms with Gasteiger partial charge in [-0.25, -0.2) is 9.97 Å². The van der Waals surface area contributed by atoms with Crippen molar-refractivity contribution in [1.82, 2.24) is 19.7 Å². The molecule has 8 nitrogen and oxygen atoms in total. The molecule has 0 aliphatic rings. The van der Waals surface area contributed by atoms with E-state index in [-0.39, 0.29) is 11.3 Å². The molecule has 2 amide bonds. The van der Waals surface area contributed by atoms with E-state index >= 15 is 0 Å². The van der Waals surface area contributed by atoms with Gasteiger partial charge in [0.1, 0.15) is 11.6 Å². The predicted molar refractivity (Wildman–Crippen MR) is 87.6 cm³/mol. The van der Waals surface area contributed by atoms with Crippen molar-refractivity contribution in [3.05, 3.63) is 66.2 Å². The molecule has 3 aromatic rings. The number of anilines is 2. The summed E-state index contributed by atoms with van der Waals surface area (Å²) < 4.78 is 1.40. The molecule has 0 radical (unpaired) electrons. The van der Waals surface area contributed by atoms with Gasteiger partial charge in [0.2, 0.25) is 0 Å². The molecule has 0 fully saturated rings. The summed E-state index contributed by atoms with van der Waals surface area (Å²) in [7, 11) is 1.63. The lowest BCUT2D eigenvalue weighted by atomic mass is 10.2. The monoisotopic (exact) mass is 322 g/mol. The lowest BCUT2D eigenvalue weighted by Crippen LogP contribution is -2.20. The third kappa shape index (κ3) is 3.43. The summed E-state index contributed by atoms with van der Waals surface area (Å²) >= 11 is 0. The van der Waals surface area contributed by atoms with Gasteiger partial charge >= 0.3 is 0 Å². The molecular formula is C16H14N6O2. The van der Waals surface area contributed by atoms with Crippen molar-refractivity contribution in [3.8, 4) is 0 Å². The van der Waals surface area contributed by atoms with Gasteiger partial charge in [-0.05, 0) is 24.3 Å². The van der Waals surface area contributed by atoms with Crippen molar-refractivity contribution in [2.24, 2.45) is 7.05 Å². The average Bonchev–Trinajstić information content (AvgIpc) is 2.99. The number of carbonyl (C=O) groups is 2. The Labute approximate surface area is 137 Å². The van der Waals surface area contributed by atoms with Gasteiger partial charge < -0.3 is 10.6 Å². The number of nitrogens with zero attached hydrogens (tertiary/aromatic N) is 4. The first-order valence-electron chi connectivity index (χ1n) is 7.12. The molecule has 0 atom stereocenters. The van der Waals surface area contributed by atoms with E-state index in [1.165, 1.54) is 10.9 Å².